The van der Waals surface area contributed by atoms with E-state index >= 15 is 0 Å². The van der Waals surface area contributed by atoms with Gasteiger partial charge in [-0.15, -0.1) is 0 Å². The average Bonchev–Trinajstić information content (AvgIpc) is 2.78. The largest absolute Gasteiger partial charge is 0.338 e. The monoisotopic (exact) mass is 500 g/mol. The molecule has 3 rings (SSSR count). The van der Waals surface area contributed by atoms with Crippen LogP contribution in [0.1, 0.15) is 5.69 Å². The smallest absolute Gasteiger partial charge is 0.290 e. The Balaban J connectivity index is 0.00000161. The zero-order valence-electron chi connectivity index (χ0n) is 11.0. The van der Waals surface area contributed by atoms with Gasteiger partial charge in [0.2, 0.25) is 5.95 Å². The Labute approximate surface area is 145 Å². The van der Waals surface area contributed by atoms with Crippen molar-refractivity contribution in [2.24, 2.45) is 0 Å². The van der Waals surface area contributed by atoms with E-state index in [0.717, 1.165) is 37.9 Å². The molecule has 0 saturated carbocycles. The third-order valence-electron chi connectivity index (χ3n) is 2.99. The molecule has 0 atom stereocenters. The maximum Gasteiger partial charge on any atom is 0.290 e. The van der Waals surface area contributed by atoms with Gasteiger partial charge in [-0.1, -0.05) is 0 Å². The molecule has 0 unspecified atom stereocenters. The van der Waals surface area contributed by atoms with Gasteiger partial charge in [-0.2, -0.15) is 0 Å². The third-order valence-corrected chi connectivity index (χ3v) is 3.80. The first kappa shape index (κ1) is 16.3. The van der Waals surface area contributed by atoms with Crippen LogP contribution < -0.4 is 15.5 Å². The van der Waals surface area contributed by atoms with Crippen LogP contribution in [0.3, 0.4) is 0 Å². The maximum atomic E-state index is 11.5. The van der Waals surface area contributed by atoms with Crippen molar-refractivity contribution in [2.45, 2.75) is 0 Å². The summed E-state index contributed by atoms with van der Waals surface area (Å²) >= 11 is 0.887. The zero-order chi connectivity index (χ0) is 13.9. The average molecular weight is 500 g/mol. The Morgan fingerprint density at radius 3 is 2.71 bits per heavy atom. The minimum Gasteiger partial charge on any atom is -0.338 e. The molecule has 2 radical (unpaired) electrons. The molecule has 0 aromatic carbocycles. The van der Waals surface area contributed by atoms with E-state index in [0.29, 0.717) is 16.5 Å². The number of amides is 2. The van der Waals surface area contributed by atoms with Gasteiger partial charge in [0, 0.05) is 58.9 Å². The molecule has 0 aliphatic carbocycles. The number of aromatic nitrogens is 2. The van der Waals surface area contributed by atoms with Crippen LogP contribution in [0, 0.1) is 0 Å². The molecule has 2 aliphatic heterocycles. The van der Waals surface area contributed by atoms with Gasteiger partial charge < -0.3 is 10.2 Å². The molecule has 7 nitrogen and oxygen atoms in total. The van der Waals surface area contributed by atoms with Crippen LogP contribution in [0.25, 0.3) is 6.08 Å². The van der Waals surface area contributed by atoms with E-state index in [1.54, 1.807) is 18.3 Å². The van der Waals surface area contributed by atoms with Crippen molar-refractivity contribution in [1.29, 1.82) is 0 Å². The summed E-state index contributed by atoms with van der Waals surface area (Å²) in [6.45, 7) is 3.52. The molecule has 2 fully saturated rings. The second-order valence-corrected chi connectivity index (χ2v) is 5.39. The topological polar surface area (TPSA) is 87.2 Å². The van der Waals surface area contributed by atoms with Crippen molar-refractivity contribution in [1.82, 2.24) is 20.6 Å². The van der Waals surface area contributed by atoms with Crippen LogP contribution in [0.15, 0.2) is 17.2 Å². The number of thioether (sulfide) groups is 1. The maximum absolute atomic E-state index is 11.5. The number of hydrogen-bond acceptors (Lipinski definition) is 7. The zero-order valence-corrected chi connectivity index (χ0v) is 15.0. The normalized spacial score (nSPS) is 20.4. The van der Waals surface area contributed by atoms with Crippen molar-refractivity contribution in [2.75, 3.05) is 31.1 Å². The van der Waals surface area contributed by atoms with Crippen LogP contribution in [-0.2, 0) is 4.79 Å². The third kappa shape index (κ3) is 4.00. The summed E-state index contributed by atoms with van der Waals surface area (Å²) < 4.78 is 0. The predicted octanol–water partition coefficient (Wildman–Crippen LogP) is -0.171. The van der Waals surface area contributed by atoms with E-state index in [4.69, 9.17) is 0 Å². The van der Waals surface area contributed by atoms with Crippen molar-refractivity contribution in [3.8, 4) is 0 Å². The van der Waals surface area contributed by atoms with Crippen LogP contribution in [0.4, 0.5) is 10.7 Å². The second kappa shape index (κ2) is 7.30. The summed E-state index contributed by atoms with van der Waals surface area (Å²) in [7, 11) is 0. The minimum absolute atomic E-state index is 0. The second-order valence-electron chi connectivity index (χ2n) is 4.37. The number of anilines is 1. The summed E-state index contributed by atoms with van der Waals surface area (Å²) in [6.07, 6.45) is 3.27. The van der Waals surface area contributed by atoms with Crippen molar-refractivity contribution >= 4 is 61.5 Å². The van der Waals surface area contributed by atoms with Crippen LogP contribution >= 0.6 is 11.8 Å². The van der Waals surface area contributed by atoms with Gasteiger partial charge in [0.25, 0.3) is 11.1 Å². The Hall–Kier alpha value is -1.03. The number of hydrogen-bond donors (Lipinski definition) is 2. The number of nitrogens with one attached hydrogen (secondary N) is 2. The Bertz CT molecular complexity index is 589. The molecule has 2 saturated heterocycles. The first-order valence-electron chi connectivity index (χ1n) is 6.26. The van der Waals surface area contributed by atoms with E-state index in [1.165, 1.54) is 0 Å². The summed E-state index contributed by atoms with van der Waals surface area (Å²) in [5.74, 6) is 0.276. The van der Waals surface area contributed by atoms with Gasteiger partial charge in [0.05, 0.1) is 10.6 Å². The van der Waals surface area contributed by atoms with E-state index in [9.17, 15) is 9.59 Å². The van der Waals surface area contributed by atoms with Crippen LogP contribution in [-0.4, -0.2) is 73.9 Å². The SMILES string of the molecule is O=C1NC(=O)/C(=C\c2ccnc(N3CCNCC3)n2)S1.[Po]. The molecular formula is C12H13N5O2PoS. The number of piperazine rings is 1. The molecule has 21 heavy (non-hydrogen) atoms. The Morgan fingerprint density at radius 2 is 2.05 bits per heavy atom. The first-order chi connectivity index (χ1) is 9.72. The fourth-order valence-corrected chi connectivity index (χ4v) is 2.68. The van der Waals surface area contributed by atoms with Gasteiger partial charge in [-0.25, -0.2) is 9.97 Å². The summed E-state index contributed by atoms with van der Waals surface area (Å²) in [4.78, 5) is 33.7. The number of imide groups is 1. The summed E-state index contributed by atoms with van der Waals surface area (Å²) in [6, 6.07) is 1.72. The quantitative estimate of drug-likeness (QED) is 0.546. The van der Waals surface area contributed by atoms with E-state index in [1.807, 2.05) is 0 Å². The van der Waals surface area contributed by atoms with Gasteiger partial charge in [0.15, 0.2) is 0 Å². The molecule has 2 N–H and O–H groups in total. The minimum atomic E-state index is -0.373. The molecule has 2 amide bonds. The number of rotatable bonds is 2. The number of nitrogens with zero attached hydrogens (tertiary/aromatic N) is 3. The van der Waals surface area contributed by atoms with E-state index in [2.05, 4.69) is 25.5 Å². The molecule has 2 aliphatic rings. The van der Waals surface area contributed by atoms with E-state index in [-0.39, 0.29) is 37.7 Å². The number of carbonyl (C=O) groups excluding carboxylic acids is 2. The van der Waals surface area contributed by atoms with Crippen molar-refractivity contribution < 1.29 is 9.59 Å². The van der Waals surface area contributed by atoms with Crippen LogP contribution in [0.5, 0.6) is 0 Å². The molecule has 0 bridgehead atoms. The van der Waals surface area contributed by atoms with Gasteiger partial charge in [-0.05, 0) is 23.9 Å². The Morgan fingerprint density at radius 1 is 1.29 bits per heavy atom. The van der Waals surface area contributed by atoms with E-state index < -0.39 is 0 Å². The predicted molar refractivity (Wildman–Crippen MR) is 82.0 cm³/mol. The molecule has 3 heterocycles. The van der Waals surface area contributed by atoms with Crippen molar-refractivity contribution in [3.63, 3.8) is 0 Å². The molecular weight excluding hydrogens is 487 g/mol. The molecule has 9 heteroatoms. The summed E-state index contributed by atoms with van der Waals surface area (Å²) in [5, 5.41) is 5.14. The van der Waals surface area contributed by atoms with Crippen molar-refractivity contribution in [3.05, 3.63) is 22.9 Å². The summed E-state index contributed by atoms with van der Waals surface area (Å²) in [5.41, 5.74) is 0.626. The van der Waals surface area contributed by atoms with Gasteiger partial charge in [0.1, 0.15) is 0 Å². The fraction of sp³-hybridized carbons (Fsp3) is 0.333. The Kier molecular flexibility index (Phi) is 5.68. The molecule has 1 aromatic rings. The van der Waals surface area contributed by atoms with Gasteiger partial charge >= 0.3 is 0 Å². The standard InChI is InChI=1S/C12H13N5O2S.Po/c18-10-9(20-12(19)16-10)7-8-1-2-14-11(15-8)17-5-3-13-4-6-17;/h1-2,7,13H,3-6H2,(H,16,18,19);/b9-7+;. The van der Waals surface area contributed by atoms with Gasteiger partial charge in [-0.3, -0.25) is 14.9 Å². The molecule has 0 spiro atoms. The van der Waals surface area contributed by atoms with Crippen LogP contribution in [0.2, 0.25) is 0 Å². The number of carbonyl (C=O) groups is 2. The fourth-order valence-electron chi connectivity index (χ4n) is 2.01. The molecule has 1 aromatic heterocycles. The first-order valence-corrected chi connectivity index (χ1v) is 7.07. The molecule has 110 valence electrons.